The van der Waals surface area contributed by atoms with E-state index in [4.69, 9.17) is 5.73 Å². The molecule has 0 aliphatic heterocycles. The van der Waals surface area contributed by atoms with Crippen LogP contribution in [0.25, 0.3) is 0 Å². The van der Waals surface area contributed by atoms with Crippen molar-refractivity contribution in [3.8, 4) is 0 Å². The van der Waals surface area contributed by atoms with Crippen molar-refractivity contribution in [3.63, 3.8) is 0 Å². The number of aromatic nitrogens is 2. The van der Waals surface area contributed by atoms with Gasteiger partial charge in [0.05, 0.1) is 11.3 Å². The van der Waals surface area contributed by atoms with E-state index in [0.717, 1.165) is 50.6 Å². The Hall–Kier alpha value is -2.18. The van der Waals surface area contributed by atoms with Crippen LogP contribution in [0.1, 0.15) is 80.8 Å². The maximum absolute atomic E-state index is 11.8. The first-order chi connectivity index (χ1) is 13.0. The van der Waals surface area contributed by atoms with Gasteiger partial charge in [-0.15, -0.1) is 0 Å². The number of primary amides is 1. The standard InChI is InChI=1S/C20H31N5O2/c1-2-18(26)23-15-9-7-13(8-10-15)11-17-16(19(21)27)12-22-20(25-17)24-14-5-3-4-6-14/h12-15H,2-11H2,1H3,(H2,21,27)(H,23,26)(H,22,24,25). The summed E-state index contributed by atoms with van der Waals surface area (Å²) in [7, 11) is 0. The molecular formula is C20H31N5O2. The number of amides is 2. The molecule has 0 bridgehead atoms. The molecule has 0 spiro atoms. The molecule has 2 aliphatic rings. The summed E-state index contributed by atoms with van der Waals surface area (Å²) in [5.41, 5.74) is 6.71. The van der Waals surface area contributed by atoms with Crippen molar-refractivity contribution < 1.29 is 9.59 Å². The molecule has 1 aromatic rings. The zero-order valence-corrected chi connectivity index (χ0v) is 16.2. The quantitative estimate of drug-likeness (QED) is 0.680. The average molecular weight is 374 g/mol. The van der Waals surface area contributed by atoms with Crippen molar-refractivity contribution in [2.24, 2.45) is 11.7 Å². The number of nitrogens with two attached hydrogens (primary N) is 1. The van der Waals surface area contributed by atoms with Crippen molar-refractivity contribution >= 4 is 17.8 Å². The molecule has 3 rings (SSSR count). The number of nitrogens with one attached hydrogen (secondary N) is 2. The number of hydrogen-bond acceptors (Lipinski definition) is 5. The predicted molar refractivity (Wildman–Crippen MR) is 104 cm³/mol. The first kappa shape index (κ1) is 19.6. The molecule has 0 aromatic carbocycles. The van der Waals surface area contributed by atoms with E-state index in [1.807, 2.05) is 6.92 Å². The number of carbonyl (C=O) groups is 2. The fourth-order valence-corrected chi connectivity index (χ4v) is 4.21. The minimum Gasteiger partial charge on any atom is -0.365 e. The van der Waals surface area contributed by atoms with E-state index in [9.17, 15) is 9.59 Å². The fraction of sp³-hybridized carbons (Fsp3) is 0.700. The van der Waals surface area contributed by atoms with Crippen molar-refractivity contribution in [1.82, 2.24) is 15.3 Å². The minimum absolute atomic E-state index is 0.118. The summed E-state index contributed by atoms with van der Waals surface area (Å²) in [5, 5.41) is 6.48. The van der Waals surface area contributed by atoms with Crippen LogP contribution in [-0.4, -0.2) is 33.9 Å². The lowest BCUT2D eigenvalue weighted by Gasteiger charge is -2.29. The second kappa shape index (κ2) is 9.15. The van der Waals surface area contributed by atoms with Gasteiger partial charge < -0.3 is 16.4 Å². The molecule has 1 heterocycles. The average Bonchev–Trinajstić information content (AvgIpc) is 3.16. The summed E-state index contributed by atoms with van der Waals surface area (Å²) < 4.78 is 0. The molecule has 7 nitrogen and oxygen atoms in total. The van der Waals surface area contributed by atoms with Gasteiger partial charge in [0.1, 0.15) is 0 Å². The van der Waals surface area contributed by atoms with Gasteiger partial charge in [-0.2, -0.15) is 0 Å². The highest BCUT2D eigenvalue weighted by molar-refractivity contribution is 5.93. The van der Waals surface area contributed by atoms with Gasteiger partial charge in [-0.25, -0.2) is 9.97 Å². The van der Waals surface area contributed by atoms with Gasteiger partial charge in [0.25, 0.3) is 5.91 Å². The summed E-state index contributed by atoms with van der Waals surface area (Å²) >= 11 is 0. The van der Waals surface area contributed by atoms with Crippen molar-refractivity contribution in [1.29, 1.82) is 0 Å². The van der Waals surface area contributed by atoms with Crippen LogP contribution in [-0.2, 0) is 11.2 Å². The zero-order chi connectivity index (χ0) is 19.2. The molecular weight excluding hydrogens is 342 g/mol. The largest absolute Gasteiger partial charge is 0.365 e. The van der Waals surface area contributed by atoms with Crippen LogP contribution >= 0.6 is 0 Å². The van der Waals surface area contributed by atoms with Crippen LogP contribution in [0.2, 0.25) is 0 Å². The van der Waals surface area contributed by atoms with E-state index in [1.165, 1.54) is 12.8 Å². The second-order valence-corrected chi connectivity index (χ2v) is 7.89. The monoisotopic (exact) mass is 373 g/mol. The molecule has 4 N–H and O–H groups in total. The molecule has 0 unspecified atom stereocenters. The number of rotatable bonds is 7. The normalized spacial score (nSPS) is 23.1. The lowest BCUT2D eigenvalue weighted by Crippen LogP contribution is -2.37. The smallest absolute Gasteiger partial charge is 0.252 e. The Bertz CT molecular complexity index is 664. The van der Waals surface area contributed by atoms with E-state index in [2.05, 4.69) is 20.6 Å². The SMILES string of the molecule is CCC(=O)NC1CCC(Cc2nc(NC3CCCC3)ncc2C(N)=O)CC1. The lowest BCUT2D eigenvalue weighted by molar-refractivity contribution is -0.121. The van der Waals surface area contributed by atoms with E-state index in [0.29, 0.717) is 29.9 Å². The zero-order valence-electron chi connectivity index (χ0n) is 16.2. The van der Waals surface area contributed by atoms with Gasteiger partial charge in [-0.05, 0) is 50.9 Å². The molecule has 1 aromatic heterocycles. The summed E-state index contributed by atoms with van der Waals surface area (Å²) in [4.78, 5) is 32.3. The Kier molecular flexibility index (Phi) is 6.63. The Morgan fingerprint density at radius 2 is 1.81 bits per heavy atom. The number of anilines is 1. The van der Waals surface area contributed by atoms with E-state index in [1.54, 1.807) is 6.20 Å². The summed E-state index contributed by atoms with van der Waals surface area (Å²) in [6.07, 6.45) is 11.6. The van der Waals surface area contributed by atoms with E-state index >= 15 is 0 Å². The molecule has 2 amide bonds. The third-order valence-electron chi connectivity index (χ3n) is 5.84. The lowest BCUT2D eigenvalue weighted by atomic mass is 9.82. The maximum Gasteiger partial charge on any atom is 0.252 e. The molecule has 2 saturated carbocycles. The van der Waals surface area contributed by atoms with Crippen LogP contribution in [0.3, 0.4) is 0 Å². The van der Waals surface area contributed by atoms with Crippen LogP contribution < -0.4 is 16.4 Å². The highest BCUT2D eigenvalue weighted by Crippen LogP contribution is 2.28. The summed E-state index contributed by atoms with van der Waals surface area (Å²) in [6, 6.07) is 0.698. The van der Waals surface area contributed by atoms with Crippen LogP contribution in [0.15, 0.2) is 6.20 Å². The summed E-state index contributed by atoms with van der Waals surface area (Å²) in [5.74, 6) is 0.701. The first-order valence-electron chi connectivity index (χ1n) is 10.3. The molecule has 27 heavy (non-hydrogen) atoms. The Balaban J connectivity index is 1.62. The van der Waals surface area contributed by atoms with Crippen molar-refractivity contribution in [3.05, 3.63) is 17.5 Å². The molecule has 2 fully saturated rings. The second-order valence-electron chi connectivity index (χ2n) is 7.89. The predicted octanol–water partition coefficient (Wildman–Crippen LogP) is 2.56. The van der Waals surface area contributed by atoms with Gasteiger partial charge in [0.2, 0.25) is 11.9 Å². The molecule has 148 valence electrons. The molecule has 0 radical (unpaired) electrons. The van der Waals surface area contributed by atoms with Gasteiger partial charge >= 0.3 is 0 Å². The number of nitrogens with zero attached hydrogens (tertiary/aromatic N) is 2. The number of carbonyl (C=O) groups excluding carboxylic acids is 2. The fourth-order valence-electron chi connectivity index (χ4n) is 4.21. The topological polar surface area (TPSA) is 110 Å². The van der Waals surface area contributed by atoms with Gasteiger partial charge in [-0.1, -0.05) is 19.8 Å². The van der Waals surface area contributed by atoms with Crippen LogP contribution in [0.5, 0.6) is 0 Å². The molecule has 0 saturated heterocycles. The third kappa shape index (κ3) is 5.40. The molecule has 7 heteroatoms. The maximum atomic E-state index is 11.8. The molecule has 2 aliphatic carbocycles. The van der Waals surface area contributed by atoms with Crippen LogP contribution in [0, 0.1) is 5.92 Å². The van der Waals surface area contributed by atoms with Crippen LogP contribution in [0.4, 0.5) is 5.95 Å². The highest BCUT2D eigenvalue weighted by Gasteiger charge is 2.25. The number of hydrogen-bond donors (Lipinski definition) is 3. The van der Waals surface area contributed by atoms with E-state index in [-0.39, 0.29) is 11.9 Å². The van der Waals surface area contributed by atoms with Gasteiger partial charge in [0.15, 0.2) is 0 Å². The summed E-state index contributed by atoms with van der Waals surface area (Å²) in [6.45, 7) is 1.87. The minimum atomic E-state index is -0.471. The molecule has 0 atom stereocenters. The third-order valence-corrected chi connectivity index (χ3v) is 5.84. The highest BCUT2D eigenvalue weighted by atomic mass is 16.2. The Morgan fingerprint density at radius 3 is 2.44 bits per heavy atom. The van der Waals surface area contributed by atoms with Crippen molar-refractivity contribution in [2.45, 2.75) is 83.2 Å². The van der Waals surface area contributed by atoms with E-state index < -0.39 is 5.91 Å². The van der Waals surface area contributed by atoms with Gasteiger partial charge in [0, 0.05) is 24.7 Å². The van der Waals surface area contributed by atoms with Crippen molar-refractivity contribution in [2.75, 3.05) is 5.32 Å². The van der Waals surface area contributed by atoms with Gasteiger partial charge in [-0.3, -0.25) is 9.59 Å². The first-order valence-corrected chi connectivity index (χ1v) is 10.3. The Morgan fingerprint density at radius 1 is 1.11 bits per heavy atom. The Labute approximate surface area is 160 Å².